The Balaban J connectivity index is 5.11. The number of hydrogen-bond acceptors (Lipinski definition) is 15. The molecular formula is C72H140O17P2. The van der Waals surface area contributed by atoms with Gasteiger partial charge in [0.15, 0.2) is 12.2 Å². The number of ether oxygens (including phenoxy) is 4. The summed E-state index contributed by atoms with van der Waals surface area (Å²) in [6.45, 7) is 7.15. The summed E-state index contributed by atoms with van der Waals surface area (Å²) in [6.07, 6.45) is 53.1. The highest BCUT2D eigenvalue weighted by Gasteiger charge is 2.30. The molecule has 0 aliphatic carbocycles. The number of carbonyl (C=O) groups excluding carboxylic acids is 4. The van der Waals surface area contributed by atoms with E-state index in [9.17, 15) is 43.2 Å². The molecule has 0 amide bonds. The minimum absolute atomic E-state index is 0.106. The summed E-state index contributed by atoms with van der Waals surface area (Å²) in [5.74, 6) is -1.44. The highest BCUT2D eigenvalue weighted by atomic mass is 31.2. The first kappa shape index (κ1) is 89.1. The second-order valence-corrected chi connectivity index (χ2v) is 29.4. The summed E-state index contributed by atoms with van der Waals surface area (Å²) >= 11 is 0. The minimum atomic E-state index is -4.95. The molecule has 0 rings (SSSR count). The molecule has 2 unspecified atom stereocenters. The summed E-state index contributed by atoms with van der Waals surface area (Å²) in [5.41, 5.74) is 0. The van der Waals surface area contributed by atoms with Crippen molar-refractivity contribution in [3.63, 3.8) is 0 Å². The molecule has 0 fully saturated rings. The van der Waals surface area contributed by atoms with Crippen molar-refractivity contribution in [2.24, 2.45) is 5.92 Å². The minimum Gasteiger partial charge on any atom is -0.462 e. The van der Waals surface area contributed by atoms with Crippen LogP contribution in [0.2, 0.25) is 0 Å². The molecule has 5 atom stereocenters. The van der Waals surface area contributed by atoms with E-state index < -0.39 is 97.5 Å². The third-order valence-corrected chi connectivity index (χ3v) is 18.7. The van der Waals surface area contributed by atoms with Gasteiger partial charge in [-0.25, -0.2) is 9.13 Å². The Morgan fingerprint density at radius 3 is 0.747 bits per heavy atom. The van der Waals surface area contributed by atoms with Crippen LogP contribution in [-0.2, 0) is 65.4 Å². The number of hydrogen-bond donors (Lipinski definition) is 3. The molecule has 0 aromatic rings. The lowest BCUT2D eigenvalue weighted by molar-refractivity contribution is -0.161. The molecule has 0 heterocycles. The van der Waals surface area contributed by atoms with Crippen molar-refractivity contribution < 1.29 is 80.2 Å². The SMILES string of the molecule is CCCCCCCCCCCCCCCCCCCCCCCCC(=O)O[C@H](COC(=O)CCCCCCCCCCCC)COP(=O)(O)OC[C@@H](O)COP(=O)(O)OC[C@@H](COC(=O)CCCCCCCCC(C)C)OC(=O)CCCCCCCCCCCC. The van der Waals surface area contributed by atoms with E-state index in [2.05, 4.69) is 34.6 Å². The van der Waals surface area contributed by atoms with Crippen molar-refractivity contribution in [1.29, 1.82) is 0 Å². The maximum absolute atomic E-state index is 13.0. The van der Waals surface area contributed by atoms with E-state index in [0.717, 1.165) is 96.3 Å². The molecule has 0 bridgehead atoms. The number of phosphoric acid groups is 2. The summed E-state index contributed by atoms with van der Waals surface area (Å²) in [4.78, 5) is 72.4. The van der Waals surface area contributed by atoms with Crippen molar-refractivity contribution in [2.75, 3.05) is 39.6 Å². The molecule has 0 radical (unpaired) electrons. The Morgan fingerprint density at radius 1 is 0.297 bits per heavy atom. The molecule has 0 saturated carbocycles. The number of rotatable bonds is 72. The van der Waals surface area contributed by atoms with Gasteiger partial charge in [0, 0.05) is 25.7 Å². The Labute approximate surface area is 556 Å². The van der Waals surface area contributed by atoms with Crippen molar-refractivity contribution in [3.05, 3.63) is 0 Å². The second-order valence-electron chi connectivity index (χ2n) is 26.5. The molecule has 0 saturated heterocycles. The van der Waals surface area contributed by atoms with Crippen LogP contribution in [0.25, 0.3) is 0 Å². The number of esters is 4. The van der Waals surface area contributed by atoms with E-state index in [1.165, 1.54) is 193 Å². The Hall–Kier alpha value is -1.94. The lowest BCUT2D eigenvalue weighted by Gasteiger charge is -2.21. The molecule has 91 heavy (non-hydrogen) atoms. The van der Waals surface area contributed by atoms with E-state index >= 15 is 0 Å². The monoisotopic (exact) mass is 1340 g/mol. The van der Waals surface area contributed by atoms with E-state index in [0.29, 0.717) is 31.6 Å². The molecule has 19 heteroatoms. The zero-order chi connectivity index (χ0) is 67.0. The predicted octanol–water partition coefficient (Wildman–Crippen LogP) is 20.9. The van der Waals surface area contributed by atoms with Crippen molar-refractivity contribution in [1.82, 2.24) is 0 Å². The largest absolute Gasteiger partial charge is 0.472 e. The number of phosphoric ester groups is 2. The van der Waals surface area contributed by atoms with Gasteiger partial charge in [-0.3, -0.25) is 37.3 Å². The Bertz CT molecular complexity index is 1750. The van der Waals surface area contributed by atoms with Gasteiger partial charge in [0.05, 0.1) is 26.4 Å². The number of aliphatic hydroxyl groups excluding tert-OH is 1. The molecule has 0 aromatic carbocycles. The van der Waals surface area contributed by atoms with Gasteiger partial charge in [0.25, 0.3) is 0 Å². The van der Waals surface area contributed by atoms with Crippen LogP contribution in [0.15, 0.2) is 0 Å². The molecule has 3 N–H and O–H groups in total. The summed E-state index contributed by atoms with van der Waals surface area (Å²) in [7, 11) is -9.90. The van der Waals surface area contributed by atoms with Crippen LogP contribution in [0.4, 0.5) is 0 Å². The van der Waals surface area contributed by atoms with E-state index in [1.807, 2.05) is 0 Å². The van der Waals surface area contributed by atoms with Crippen LogP contribution in [0.1, 0.15) is 375 Å². The highest BCUT2D eigenvalue weighted by Crippen LogP contribution is 2.45. The molecule has 0 spiro atoms. The number of aliphatic hydroxyl groups is 1. The van der Waals surface area contributed by atoms with Crippen molar-refractivity contribution >= 4 is 39.5 Å². The lowest BCUT2D eigenvalue weighted by Crippen LogP contribution is -2.30. The molecule has 0 aliphatic heterocycles. The maximum atomic E-state index is 13.0. The fourth-order valence-corrected chi connectivity index (χ4v) is 12.6. The van der Waals surface area contributed by atoms with Gasteiger partial charge in [-0.2, -0.15) is 0 Å². The van der Waals surface area contributed by atoms with Crippen LogP contribution in [0.5, 0.6) is 0 Å². The van der Waals surface area contributed by atoms with Crippen LogP contribution in [0.3, 0.4) is 0 Å². The van der Waals surface area contributed by atoms with Gasteiger partial charge in [0.1, 0.15) is 19.3 Å². The number of carbonyl (C=O) groups is 4. The standard InChI is InChI=1S/C72H140O17P2/c1-6-9-12-15-18-21-24-25-26-27-28-29-30-31-32-33-34-35-38-41-48-53-58-72(77)88-67(61-82-69(74)55-50-45-39-36-22-19-16-13-10-7-2)63-86-90(78,79)84-59-66(73)60-85-91(80,81)87-64-68(62-83-70(75)56-51-46-43-42-44-49-54-65(4)5)89-71(76)57-52-47-40-37-23-20-17-14-11-8-3/h65-68,73H,6-64H2,1-5H3,(H,78,79)(H,80,81)/t66-,67-,68-/m1/s1. The second kappa shape index (κ2) is 65.4. The van der Waals surface area contributed by atoms with Gasteiger partial charge in [-0.15, -0.1) is 0 Å². The first-order chi connectivity index (χ1) is 44.0. The molecule has 540 valence electrons. The third-order valence-electron chi connectivity index (χ3n) is 16.8. The Kier molecular flexibility index (Phi) is 64.0. The van der Waals surface area contributed by atoms with Crippen LogP contribution in [-0.4, -0.2) is 96.7 Å². The topological polar surface area (TPSA) is 237 Å². The third kappa shape index (κ3) is 66.5. The zero-order valence-electron chi connectivity index (χ0n) is 59.0. The lowest BCUT2D eigenvalue weighted by atomic mass is 10.0. The molecular weight excluding hydrogens is 1200 g/mol. The van der Waals surface area contributed by atoms with Crippen LogP contribution in [0, 0.1) is 5.92 Å². The Morgan fingerprint density at radius 2 is 0.505 bits per heavy atom. The summed E-state index contributed by atoms with van der Waals surface area (Å²) in [5, 5.41) is 10.6. The molecule has 0 aromatic heterocycles. The molecule has 0 aliphatic rings. The molecule has 17 nitrogen and oxygen atoms in total. The fourth-order valence-electron chi connectivity index (χ4n) is 11.0. The van der Waals surface area contributed by atoms with Crippen LogP contribution >= 0.6 is 15.6 Å². The first-order valence-electron chi connectivity index (χ1n) is 37.6. The maximum Gasteiger partial charge on any atom is 0.472 e. The van der Waals surface area contributed by atoms with E-state index in [4.69, 9.17) is 37.0 Å². The first-order valence-corrected chi connectivity index (χ1v) is 40.6. The highest BCUT2D eigenvalue weighted by molar-refractivity contribution is 7.47. The van der Waals surface area contributed by atoms with Gasteiger partial charge in [-0.1, -0.05) is 324 Å². The van der Waals surface area contributed by atoms with Gasteiger partial charge >= 0.3 is 39.5 Å². The van der Waals surface area contributed by atoms with E-state index in [-0.39, 0.29) is 25.7 Å². The van der Waals surface area contributed by atoms with Crippen molar-refractivity contribution in [3.8, 4) is 0 Å². The van der Waals surface area contributed by atoms with Crippen molar-refractivity contribution in [2.45, 2.75) is 393 Å². The summed E-state index contributed by atoms with van der Waals surface area (Å²) < 4.78 is 68.2. The average molecular weight is 1340 g/mol. The van der Waals surface area contributed by atoms with Crippen LogP contribution < -0.4 is 0 Å². The zero-order valence-corrected chi connectivity index (χ0v) is 60.8. The van der Waals surface area contributed by atoms with Gasteiger partial charge < -0.3 is 33.8 Å². The average Bonchev–Trinajstić information content (AvgIpc) is 3.74. The quantitative estimate of drug-likeness (QED) is 0.0222. The normalized spacial score (nSPS) is 14.0. The smallest absolute Gasteiger partial charge is 0.462 e. The fraction of sp³-hybridized carbons (Fsp3) is 0.944. The van der Waals surface area contributed by atoms with E-state index in [1.54, 1.807) is 0 Å². The summed E-state index contributed by atoms with van der Waals surface area (Å²) in [6, 6.07) is 0. The van der Waals surface area contributed by atoms with Gasteiger partial charge in [0.2, 0.25) is 0 Å². The number of unbranched alkanes of at least 4 members (excludes halogenated alkanes) is 44. The van der Waals surface area contributed by atoms with Gasteiger partial charge in [-0.05, 0) is 31.6 Å². The predicted molar refractivity (Wildman–Crippen MR) is 368 cm³/mol.